The molecule has 0 unspecified atom stereocenters. The van der Waals surface area contributed by atoms with Crippen LogP contribution in [0.5, 0.6) is 0 Å². The average Bonchev–Trinajstić information content (AvgIpc) is 2.92. The maximum Gasteiger partial charge on any atom is 0.0118 e. The van der Waals surface area contributed by atoms with E-state index in [0.717, 1.165) is 5.92 Å². The van der Waals surface area contributed by atoms with E-state index in [1.807, 2.05) is 11.8 Å². The van der Waals surface area contributed by atoms with E-state index in [1.165, 1.54) is 54.7 Å². The Morgan fingerprint density at radius 3 is 2.61 bits per heavy atom. The SMILES string of the molecule is C/C=C(/CCCC1CCCC1)Sc1ccccc1. The zero-order chi connectivity index (χ0) is 12.6. The molecule has 1 fully saturated rings. The van der Waals surface area contributed by atoms with Crippen LogP contribution in [-0.2, 0) is 0 Å². The van der Waals surface area contributed by atoms with E-state index in [9.17, 15) is 0 Å². The van der Waals surface area contributed by atoms with E-state index < -0.39 is 0 Å². The summed E-state index contributed by atoms with van der Waals surface area (Å²) < 4.78 is 0. The lowest BCUT2D eigenvalue weighted by Gasteiger charge is -2.10. The summed E-state index contributed by atoms with van der Waals surface area (Å²) in [5.74, 6) is 1.03. The molecule has 1 aromatic carbocycles. The molecule has 0 saturated heterocycles. The largest absolute Gasteiger partial charge is 0.0949 e. The van der Waals surface area contributed by atoms with Gasteiger partial charge in [-0.05, 0) is 42.7 Å². The highest BCUT2D eigenvalue weighted by atomic mass is 32.2. The highest BCUT2D eigenvalue weighted by molar-refractivity contribution is 8.03. The van der Waals surface area contributed by atoms with Gasteiger partial charge in [0.15, 0.2) is 0 Å². The van der Waals surface area contributed by atoms with Gasteiger partial charge >= 0.3 is 0 Å². The molecule has 0 atom stereocenters. The first-order chi connectivity index (χ1) is 8.88. The molecule has 18 heavy (non-hydrogen) atoms. The molecule has 2 rings (SSSR count). The molecule has 98 valence electrons. The Bertz CT molecular complexity index is 360. The van der Waals surface area contributed by atoms with Crippen LogP contribution in [-0.4, -0.2) is 0 Å². The van der Waals surface area contributed by atoms with Gasteiger partial charge in [0.1, 0.15) is 0 Å². The van der Waals surface area contributed by atoms with E-state index in [2.05, 4.69) is 43.3 Å². The fraction of sp³-hybridized carbons (Fsp3) is 0.529. The molecule has 1 aliphatic rings. The quantitative estimate of drug-likeness (QED) is 0.562. The number of hydrogen-bond donors (Lipinski definition) is 0. The van der Waals surface area contributed by atoms with Crippen molar-refractivity contribution in [2.24, 2.45) is 5.92 Å². The van der Waals surface area contributed by atoms with Gasteiger partial charge in [0, 0.05) is 4.90 Å². The highest BCUT2D eigenvalue weighted by Crippen LogP contribution is 2.33. The summed E-state index contributed by atoms with van der Waals surface area (Å²) >= 11 is 1.93. The van der Waals surface area contributed by atoms with Gasteiger partial charge in [0.25, 0.3) is 0 Å². The van der Waals surface area contributed by atoms with Gasteiger partial charge in [-0.2, -0.15) is 0 Å². The summed E-state index contributed by atoms with van der Waals surface area (Å²) in [4.78, 5) is 2.89. The van der Waals surface area contributed by atoms with Crippen LogP contribution in [0, 0.1) is 5.92 Å². The Morgan fingerprint density at radius 1 is 1.22 bits per heavy atom. The van der Waals surface area contributed by atoms with Gasteiger partial charge < -0.3 is 0 Å². The Labute approximate surface area is 116 Å². The monoisotopic (exact) mass is 260 g/mol. The Kier molecular flexibility index (Phi) is 5.86. The lowest BCUT2D eigenvalue weighted by Crippen LogP contribution is -1.93. The third-order valence-corrected chi connectivity index (χ3v) is 5.03. The van der Waals surface area contributed by atoms with Crippen LogP contribution in [0.1, 0.15) is 51.9 Å². The number of allylic oxidation sites excluding steroid dienone is 2. The fourth-order valence-electron chi connectivity index (χ4n) is 2.76. The first-order valence-electron chi connectivity index (χ1n) is 7.26. The van der Waals surface area contributed by atoms with Crippen molar-refractivity contribution in [2.75, 3.05) is 0 Å². The predicted octanol–water partition coefficient (Wildman–Crippen LogP) is 6.04. The molecule has 0 N–H and O–H groups in total. The first-order valence-corrected chi connectivity index (χ1v) is 8.08. The minimum absolute atomic E-state index is 1.03. The molecule has 1 aliphatic carbocycles. The van der Waals surface area contributed by atoms with Gasteiger partial charge in [0.2, 0.25) is 0 Å². The van der Waals surface area contributed by atoms with E-state index >= 15 is 0 Å². The Balaban J connectivity index is 1.72. The van der Waals surface area contributed by atoms with Gasteiger partial charge in [-0.3, -0.25) is 0 Å². The van der Waals surface area contributed by atoms with E-state index in [0.29, 0.717) is 0 Å². The van der Waals surface area contributed by atoms with Gasteiger partial charge in [-0.15, -0.1) is 0 Å². The Hall–Kier alpha value is -0.690. The molecule has 0 heterocycles. The molecule has 1 aromatic rings. The van der Waals surface area contributed by atoms with Gasteiger partial charge in [-0.25, -0.2) is 0 Å². The molecule has 0 spiro atoms. The van der Waals surface area contributed by atoms with E-state index in [4.69, 9.17) is 0 Å². The molecule has 1 heteroatoms. The number of benzene rings is 1. The number of hydrogen-bond acceptors (Lipinski definition) is 1. The molecular weight excluding hydrogens is 236 g/mol. The van der Waals surface area contributed by atoms with Crippen molar-refractivity contribution in [3.63, 3.8) is 0 Å². The highest BCUT2D eigenvalue weighted by Gasteiger charge is 2.14. The van der Waals surface area contributed by atoms with Crippen LogP contribution in [0.25, 0.3) is 0 Å². The molecular formula is C17H24S. The summed E-state index contributed by atoms with van der Waals surface area (Å²) in [5.41, 5.74) is 0. The lowest BCUT2D eigenvalue weighted by atomic mass is 10.0. The van der Waals surface area contributed by atoms with Crippen molar-refractivity contribution < 1.29 is 0 Å². The van der Waals surface area contributed by atoms with Gasteiger partial charge in [-0.1, -0.05) is 68.1 Å². The van der Waals surface area contributed by atoms with Crippen molar-refractivity contribution >= 4 is 11.8 Å². The average molecular weight is 260 g/mol. The molecule has 0 nitrogen and oxygen atoms in total. The third-order valence-electron chi connectivity index (χ3n) is 3.82. The second-order valence-electron chi connectivity index (χ2n) is 5.21. The number of thioether (sulfide) groups is 1. The van der Waals surface area contributed by atoms with Crippen LogP contribution >= 0.6 is 11.8 Å². The summed E-state index contributed by atoms with van der Waals surface area (Å²) in [5, 5.41) is 0. The van der Waals surface area contributed by atoms with Crippen LogP contribution in [0.4, 0.5) is 0 Å². The van der Waals surface area contributed by atoms with Crippen molar-refractivity contribution in [2.45, 2.75) is 56.8 Å². The molecule has 0 aromatic heterocycles. The number of rotatable bonds is 6. The molecule has 0 aliphatic heterocycles. The maximum atomic E-state index is 2.28. The smallest absolute Gasteiger partial charge is 0.0118 e. The summed E-state index contributed by atoms with van der Waals surface area (Å²) in [6, 6.07) is 10.7. The zero-order valence-electron chi connectivity index (χ0n) is 11.4. The summed E-state index contributed by atoms with van der Waals surface area (Å²) in [6.07, 6.45) is 12.3. The van der Waals surface area contributed by atoms with Crippen LogP contribution in [0.3, 0.4) is 0 Å². The van der Waals surface area contributed by atoms with E-state index in [-0.39, 0.29) is 0 Å². The van der Waals surface area contributed by atoms with E-state index in [1.54, 1.807) is 0 Å². The summed E-state index contributed by atoms with van der Waals surface area (Å²) in [6.45, 7) is 2.17. The van der Waals surface area contributed by atoms with Crippen molar-refractivity contribution in [1.82, 2.24) is 0 Å². The first kappa shape index (κ1) is 13.7. The van der Waals surface area contributed by atoms with Crippen LogP contribution < -0.4 is 0 Å². The minimum atomic E-state index is 1.03. The maximum absolute atomic E-state index is 2.28. The molecule has 0 bridgehead atoms. The second kappa shape index (κ2) is 7.68. The second-order valence-corrected chi connectivity index (χ2v) is 6.41. The zero-order valence-corrected chi connectivity index (χ0v) is 12.2. The van der Waals surface area contributed by atoms with Crippen molar-refractivity contribution in [3.05, 3.63) is 41.3 Å². The molecule has 0 radical (unpaired) electrons. The summed E-state index contributed by atoms with van der Waals surface area (Å²) in [7, 11) is 0. The predicted molar refractivity (Wildman–Crippen MR) is 81.9 cm³/mol. The normalized spacial score (nSPS) is 17.3. The standard InChI is InChI=1S/C17H24S/c1-2-16(18-17-12-4-3-5-13-17)14-8-11-15-9-6-7-10-15/h2-5,12-13,15H,6-11,14H2,1H3/b16-2-. The van der Waals surface area contributed by atoms with Crippen LogP contribution in [0.2, 0.25) is 0 Å². The lowest BCUT2D eigenvalue weighted by molar-refractivity contribution is 0.485. The molecule has 1 saturated carbocycles. The van der Waals surface area contributed by atoms with Crippen molar-refractivity contribution in [1.29, 1.82) is 0 Å². The topological polar surface area (TPSA) is 0 Å². The van der Waals surface area contributed by atoms with Crippen LogP contribution in [0.15, 0.2) is 46.2 Å². The van der Waals surface area contributed by atoms with Crippen molar-refractivity contribution in [3.8, 4) is 0 Å². The Morgan fingerprint density at radius 2 is 1.94 bits per heavy atom. The van der Waals surface area contributed by atoms with Gasteiger partial charge in [0.05, 0.1) is 0 Å². The third kappa shape index (κ3) is 4.53. The molecule has 0 amide bonds. The fourth-order valence-corrected chi connectivity index (χ4v) is 3.72. The minimum Gasteiger partial charge on any atom is -0.0949 e.